The van der Waals surface area contributed by atoms with Crippen LogP contribution in [0.25, 0.3) is 0 Å². The molecule has 0 fully saturated rings. The first kappa shape index (κ1) is 13.3. The lowest BCUT2D eigenvalue weighted by atomic mass is 10.1. The van der Waals surface area contributed by atoms with E-state index in [1.807, 2.05) is 47.8 Å². The van der Waals surface area contributed by atoms with E-state index < -0.39 is 6.09 Å². The summed E-state index contributed by atoms with van der Waals surface area (Å²) in [4.78, 5) is 12.3. The summed E-state index contributed by atoms with van der Waals surface area (Å²) in [7, 11) is 0. The first-order valence-electron chi connectivity index (χ1n) is 5.91. The number of rotatable bonds is 4. The van der Waals surface area contributed by atoms with Crippen LogP contribution in [0.3, 0.4) is 0 Å². The van der Waals surface area contributed by atoms with Crippen molar-refractivity contribution in [3.05, 3.63) is 58.3 Å². The number of thiophene rings is 1. The average Bonchev–Trinajstić information content (AvgIpc) is 2.94. The number of benzene rings is 1. The van der Waals surface area contributed by atoms with E-state index in [4.69, 9.17) is 4.74 Å². The maximum atomic E-state index is 11.3. The van der Waals surface area contributed by atoms with E-state index in [0.29, 0.717) is 6.61 Å². The van der Waals surface area contributed by atoms with Crippen LogP contribution in [-0.2, 0) is 4.74 Å². The predicted molar refractivity (Wildman–Crippen MR) is 76.6 cm³/mol. The summed E-state index contributed by atoms with van der Waals surface area (Å²) in [6.45, 7) is 2.07. The van der Waals surface area contributed by atoms with Crippen LogP contribution in [0.2, 0.25) is 0 Å². The van der Waals surface area contributed by atoms with Crippen molar-refractivity contribution in [2.24, 2.45) is 5.10 Å². The third-order valence-corrected chi connectivity index (χ3v) is 3.21. The van der Waals surface area contributed by atoms with Gasteiger partial charge in [0.05, 0.1) is 11.5 Å². The number of carbonyl (C=O) groups excluding carboxylic acids is 1. The van der Waals surface area contributed by atoms with E-state index in [1.54, 1.807) is 18.3 Å². The molecule has 1 heterocycles. The predicted octanol–water partition coefficient (Wildman–Crippen LogP) is 3.25. The van der Waals surface area contributed by atoms with Gasteiger partial charge in [-0.15, -0.1) is 11.3 Å². The minimum atomic E-state index is -0.549. The molecule has 19 heavy (non-hydrogen) atoms. The fraction of sp³-hybridized carbons (Fsp3) is 0.143. The zero-order valence-corrected chi connectivity index (χ0v) is 11.3. The summed E-state index contributed by atoms with van der Waals surface area (Å²) in [5.41, 5.74) is 4.08. The number of nitrogens with one attached hydrogen (secondary N) is 1. The minimum Gasteiger partial charge on any atom is -0.449 e. The van der Waals surface area contributed by atoms with Gasteiger partial charge >= 0.3 is 6.09 Å². The van der Waals surface area contributed by atoms with Gasteiger partial charge in [-0.25, -0.2) is 10.2 Å². The van der Waals surface area contributed by atoms with Crippen molar-refractivity contribution in [1.29, 1.82) is 0 Å². The Morgan fingerprint density at radius 3 is 2.68 bits per heavy atom. The monoisotopic (exact) mass is 274 g/mol. The van der Waals surface area contributed by atoms with Crippen molar-refractivity contribution >= 4 is 23.1 Å². The third kappa shape index (κ3) is 3.66. The highest BCUT2D eigenvalue weighted by molar-refractivity contribution is 7.12. The van der Waals surface area contributed by atoms with E-state index in [1.165, 1.54) is 0 Å². The van der Waals surface area contributed by atoms with Crippen molar-refractivity contribution in [1.82, 2.24) is 5.43 Å². The van der Waals surface area contributed by atoms with Crippen LogP contribution in [0, 0.1) is 0 Å². The summed E-state index contributed by atoms with van der Waals surface area (Å²) < 4.78 is 4.79. The van der Waals surface area contributed by atoms with Crippen LogP contribution >= 0.6 is 11.3 Å². The summed E-state index contributed by atoms with van der Waals surface area (Å²) in [5, 5.41) is 6.13. The second kappa shape index (κ2) is 6.70. The second-order valence-electron chi connectivity index (χ2n) is 3.64. The zero-order chi connectivity index (χ0) is 13.5. The van der Waals surface area contributed by atoms with Crippen LogP contribution in [0.15, 0.2) is 52.9 Å². The van der Waals surface area contributed by atoms with Gasteiger partial charge < -0.3 is 4.74 Å². The van der Waals surface area contributed by atoms with E-state index in [9.17, 15) is 4.79 Å². The van der Waals surface area contributed by atoms with Gasteiger partial charge in [-0.05, 0) is 18.4 Å². The molecular weight excluding hydrogens is 260 g/mol. The molecule has 1 aromatic heterocycles. The second-order valence-corrected chi connectivity index (χ2v) is 4.58. The van der Waals surface area contributed by atoms with Crippen LogP contribution in [0.4, 0.5) is 4.79 Å². The summed E-state index contributed by atoms with van der Waals surface area (Å²) in [6.07, 6.45) is -0.549. The Kier molecular flexibility index (Phi) is 4.69. The van der Waals surface area contributed by atoms with Gasteiger partial charge in [0.15, 0.2) is 0 Å². The third-order valence-electron chi connectivity index (χ3n) is 2.34. The Morgan fingerprint density at radius 2 is 2.05 bits per heavy atom. The Morgan fingerprint density at radius 1 is 1.26 bits per heavy atom. The maximum absolute atomic E-state index is 11.3. The van der Waals surface area contributed by atoms with Crippen molar-refractivity contribution in [3.63, 3.8) is 0 Å². The Bertz CT molecular complexity index is 550. The summed E-state index contributed by atoms with van der Waals surface area (Å²) >= 11 is 1.57. The molecule has 98 valence electrons. The molecule has 0 unspecified atom stereocenters. The van der Waals surface area contributed by atoms with Crippen LogP contribution < -0.4 is 5.43 Å². The van der Waals surface area contributed by atoms with Gasteiger partial charge in [-0.3, -0.25) is 0 Å². The number of hydrogen-bond acceptors (Lipinski definition) is 4. The Balaban J connectivity index is 2.26. The van der Waals surface area contributed by atoms with E-state index >= 15 is 0 Å². The molecule has 0 spiro atoms. The van der Waals surface area contributed by atoms with Gasteiger partial charge in [-0.2, -0.15) is 5.10 Å². The number of ether oxygens (including phenoxy) is 1. The quantitative estimate of drug-likeness (QED) is 0.687. The molecule has 0 aliphatic heterocycles. The summed E-state index contributed by atoms with van der Waals surface area (Å²) in [5.74, 6) is 0. The van der Waals surface area contributed by atoms with Crippen LogP contribution in [0.5, 0.6) is 0 Å². The highest BCUT2D eigenvalue weighted by Crippen LogP contribution is 2.15. The first-order valence-corrected chi connectivity index (χ1v) is 6.79. The molecule has 2 rings (SSSR count). The van der Waals surface area contributed by atoms with Crippen molar-refractivity contribution in [2.75, 3.05) is 6.61 Å². The lowest BCUT2D eigenvalue weighted by molar-refractivity contribution is 0.152. The Hall–Kier alpha value is -2.14. The number of amides is 1. The van der Waals surface area contributed by atoms with E-state index in [-0.39, 0.29) is 0 Å². The number of nitrogens with zero attached hydrogens (tertiary/aromatic N) is 1. The van der Waals surface area contributed by atoms with Crippen LogP contribution in [0.1, 0.15) is 17.4 Å². The largest absolute Gasteiger partial charge is 0.449 e. The van der Waals surface area contributed by atoms with Crippen LogP contribution in [-0.4, -0.2) is 18.4 Å². The molecule has 1 aromatic carbocycles. The highest BCUT2D eigenvalue weighted by Gasteiger charge is 2.09. The van der Waals surface area contributed by atoms with Crippen molar-refractivity contribution in [3.8, 4) is 0 Å². The molecule has 1 amide bonds. The zero-order valence-electron chi connectivity index (χ0n) is 10.5. The molecule has 0 saturated heterocycles. The molecular formula is C14H14N2O2S. The fourth-order valence-electron chi connectivity index (χ4n) is 1.54. The SMILES string of the molecule is CCOC(=O)NN=C(c1ccccc1)c1cccs1. The molecule has 0 aliphatic rings. The highest BCUT2D eigenvalue weighted by atomic mass is 32.1. The van der Waals surface area contributed by atoms with E-state index in [0.717, 1.165) is 16.2 Å². The lowest BCUT2D eigenvalue weighted by Gasteiger charge is -2.05. The molecule has 2 aromatic rings. The molecule has 0 radical (unpaired) electrons. The van der Waals surface area contributed by atoms with Gasteiger partial charge in [0, 0.05) is 5.56 Å². The standard InChI is InChI=1S/C14H14N2O2S/c1-2-18-14(17)16-15-13(12-9-6-10-19-12)11-7-4-3-5-8-11/h3-10H,2H2,1H3,(H,16,17). The number of hydrazone groups is 1. The lowest BCUT2D eigenvalue weighted by Crippen LogP contribution is -2.21. The number of carbonyl (C=O) groups is 1. The Labute approximate surface area is 115 Å². The first-order chi connectivity index (χ1) is 9.31. The molecule has 0 atom stereocenters. The topological polar surface area (TPSA) is 50.7 Å². The molecule has 0 saturated carbocycles. The van der Waals surface area contributed by atoms with Crippen molar-refractivity contribution < 1.29 is 9.53 Å². The average molecular weight is 274 g/mol. The van der Waals surface area contributed by atoms with Gasteiger partial charge in [0.2, 0.25) is 0 Å². The molecule has 0 bridgehead atoms. The number of hydrogen-bond donors (Lipinski definition) is 1. The molecule has 5 heteroatoms. The van der Waals surface area contributed by atoms with Crippen molar-refractivity contribution in [2.45, 2.75) is 6.92 Å². The fourth-order valence-corrected chi connectivity index (χ4v) is 2.27. The van der Waals surface area contributed by atoms with Gasteiger partial charge in [0.25, 0.3) is 0 Å². The van der Waals surface area contributed by atoms with E-state index in [2.05, 4.69) is 10.5 Å². The summed E-state index contributed by atoms with van der Waals surface area (Å²) in [6, 6.07) is 13.6. The maximum Gasteiger partial charge on any atom is 0.427 e. The molecule has 1 N–H and O–H groups in total. The normalized spacial score (nSPS) is 11.1. The van der Waals surface area contributed by atoms with Gasteiger partial charge in [0.1, 0.15) is 5.71 Å². The minimum absolute atomic E-state index is 0.320. The smallest absolute Gasteiger partial charge is 0.427 e. The van der Waals surface area contributed by atoms with Gasteiger partial charge in [-0.1, -0.05) is 36.4 Å². The molecule has 0 aliphatic carbocycles. The molecule has 4 nitrogen and oxygen atoms in total.